The van der Waals surface area contributed by atoms with Crippen LogP contribution >= 0.6 is 11.3 Å². The third-order valence-electron chi connectivity index (χ3n) is 10.8. The van der Waals surface area contributed by atoms with Gasteiger partial charge >= 0.3 is 0 Å². The maximum absolute atomic E-state index is 5.17. The van der Waals surface area contributed by atoms with E-state index in [1.807, 2.05) is 0 Å². The second-order valence-corrected chi connectivity index (χ2v) is 15.0. The Balaban J connectivity index is 1.05. The zero-order chi connectivity index (χ0) is 36.3. The Morgan fingerprint density at radius 2 is 1.05 bits per heavy atom. The van der Waals surface area contributed by atoms with E-state index in [0.29, 0.717) is 0 Å². The van der Waals surface area contributed by atoms with Crippen LogP contribution in [0.25, 0.3) is 81.0 Å². The third-order valence-corrected chi connectivity index (χ3v) is 11.8. The summed E-state index contributed by atoms with van der Waals surface area (Å²) >= 11 is 1.75. The van der Waals surface area contributed by atoms with Crippen molar-refractivity contribution in [3.63, 3.8) is 0 Å². The molecule has 0 amide bonds. The van der Waals surface area contributed by atoms with Gasteiger partial charge < -0.3 is 9.47 Å². The normalized spacial score (nSPS) is 11.6. The Bertz CT molecular complexity index is 3200. The van der Waals surface area contributed by atoms with Crippen molar-refractivity contribution < 1.29 is 0 Å². The van der Waals surface area contributed by atoms with Gasteiger partial charge in [0.15, 0.2) is 0 Å². The Morgan fingerprint density at radius 1 is 0.400 bits per heavy atom. The van der Waals surface area contributed by atoms with Crippen molar-refractivity contribution >= 4 is 82.0 Å². The van der Waals surface area contributed by atoms with Crippen LogP contribution in [0.4, 0.5) is 17.1 Å². The molecular weight excluding hydrogens is 687 g/mol. The lowest BCUT2D eigenvalue weighted by molar-refractivity contribution is 1.18. The van der Waals surface area contributed by atoms with Gasteiger partial charge in [-0.25, -0.2) is 4.98 Å². The number of hydrogen-bond donors (Lipinski definition) is 0. The summed E-state index contributed by atoms with van der Waals surface area (Å²) in [5.74, 6) is 0. The summed E-state index contributed by atoms with van der Waals surface area (Å²) < 4.78 is 3.57. The van der Waals surface area contributed by atoms with E-state index >= 15 is 0 Å². The third kappa shape index (κ3) is 5.30. The van der Waals surface area contributed by atoms with Gasteiger partial charge in [-0.3, -0.25) is 0 Å². The topological polar surface area (TPSA) is 21.1 Å². The van der Waals surface area contributed by atoms with Crippen molar-refractivity contribution in [2.45, 2.75) is 0 Å². The highest BCUT2D eigenvalue weighted by molar-refractivity contribution is 7.21. The molecule has 0 aliphatic heterocycles. The standard InChI is InChI=1S/C51H33N3S/c1-4-13-35(14-5-1)51-52-50-44-27-24-34-23-26-41(33-45(34)42(44)28-30-49(50)55-51)53(38-16-6-2-7-17-38)40-20-12-15-36(31-40)37-25-29-48-46(32-37)43-21-10-11-22-47(43)54(48)39-18-8-3-9-19-39/h1-33H. The van der Waals surface area contributed by atoms with Gasteiger partial charge in [-0.15, -0.1) is 11.3 Å². The lowest BCUT2D eigenvalue weighted by atomic mass is 9.99. The predicted molar refractivity (Wildman–Crippen MR) is 235 cm³/mol. The molecule has 4 heteroatoms. The maximum Gasteiger partial charge on any atom is 0.124 e. The van der Waals surface area contributed by atoms with Gasteiger partial charge in [0.25, 0.3) is 0 Å². The molecule has 0 bridgehead atoms. The molecule has 11 aromatic rings. The molecule has 9 aromatic carbocycles. The van der Waals surface area contributed by atoms with Crippen LogP contribution in [-0.4, -0.2) is 9.55 Å². The van der Waals surface area contributed by atoms with Crippen molar-refractivity contribution in [3.8, 4) is 27.4 Å². The minimum Gasteiger partial charge on any atom is -0.310 e. The second kappa shape index (κ2) is 12.8. The van der Waals surface area contributed by atoms with E-state index < -0.39 is 0 Å². The van der Waals surface area contributed by atoms with Crippen molar-refractivity contribution in [3.05, 3.63) is 200 Å². The SMILES string of the molecule is c1ccc(-c2nc3c(ccc4c5cc(N(c6ccccc6)c6cccc(-c7ccc8c(c7)c7ccccc7n8-c7ccccc7)c6)ccc5ccc43)s2)cc1. The Morgan fingerprint density at radius 3 is 1.91 bits per heavy atom. The van der Waals surface area contributed by atoms with E-state index in [9.17, 15) is 0 Å². The number of anilines is 3. The van der Waals surface area contributed by atoms with E-state index in [2.05, 4.69) is 210 Å². The summed E-state index contributed by atoms with van der Waals surface area (Å²) in [7, 11) is 0. The molecule has 2 aromatic heterocycles. The van der Waals surface area contributed by atoms with Crippen LogP contribution < -0.4 is 4.90 Å². The van der Waals surface area contributed by atoms with Gasteiger partial charge in [-0.2, -0.15) is 0 Å². The van der Waals surface area contributed by atoms with Gasteiger partial charge in [-0.05, 0) is 100 Å². The Hall–Kier alpha value is -7.01. The molecule has 55 heavy (non-hydrogen) atoms. The first-order chi connectivity index (χ1) is 27.3. The lowest BCUT2D eigenvalue weighted by Crippen LogP contribution is -2.09. The van der Waals surface area contributed by atoms with Gasteiger partial charge in [0, 0.05) is 44.5 Å². The van der Waals surface area contributed by atoms with E-state index in [4.69, 9.17) is 4.98 Å². The number of para-hydroxylation sites is 3. The number of fused-ring (bicyclic) bond motifs is 8. The van der Waals surface area contributed by atoms with Crippen molar-refractivity contribution in [1.82, 2.24) is 9.55 Å². The smallest absolute Gasteiger partial charge is 0.124 e. The van der Waals surface area contributed by atoms with Crippen molar-refractivity contribution in [2.24, 2.45) is 0 Å². The van der Waals surface area contributed by atoms with Crippen molar-refractivity contribution in [2.75, 3.05) is 4.90 Å². The van der Waals surface area contributed by atoms with Crippen LogP contribution in [0.1, 0.15) is 0 Å². The highest BCUT2D eigenvalue weighted by Crippen LogP contribution is 2.42. The van der Waals surface area contributed by atoms with Crippen LogP contribution in [0.2, 0.25) is 0 Å². The van der Waals surface area contributed by atoms with E-state index in [1.165, 1.54) is 59.2 Å². The molecule has 0 fully saturated rings. The summed E-state index contributed by atoms with van der Waals surface area (Å²) in [4.78, 5) is 7.54. The molecule has 0 saturated heterocycles. The van der Waals surface area contributed by atoms with E-state index in [-0.39, 0.29) is 0 Å². The minimum absolute atomic E-state index is 1.05. The molecule has 0 radical (unpaired) electrons. The molecular formula is C51H33N3S. The van der Waals surface area contributed by atoms with Crippen LogP contribution in [0.3, 0.4) is 0 Å². The quantitative estimate of drug-likeness (QED) is 0.160. The lowest BCUT2D eigenvalue weighted by Gasteiger charge is -2.26. The summed E-state index contributed by atoms with van der Waals surface area (Å²) in [5.41, 5.74) is 11.5. The van der Waals surface area contributed by atoms with Gasteiger partial charge in [0.2, 0.25) is 0 Å². The first kappa shape index (κ1) is 31.5. The predicted octanol–water partition coefficient (Wildman–Crippen LogP) is 14.5. The minimum atomic E-state index is 1.05. The first-order valence-electron chi connectivity index (χ1n) is 18.6. The average molecular weight is 720 g/mol. The van der Waals surface area contributed by atoms with Gasteiger partial charge in [-0.1, -0.05) is 127 Å². The molecule has 0 unspecified atom stereocenters. The fourth-order valence-electron chi connectivity index (χ4n) is 8.21. The van der Waals surface area contributed by atoms with Crippen LogP contribution in [-0.2, 0) is 0 Å². The molecule has 258 valence electrons. The summed E-state index contributed by atoms with van der Waals surface area (Å²) in [5, 5.41) is 8.35. The molecule has 0 atom stereocenters. The maximum atomic E-state index is 5.17. The fourth-order valence-corrected chi connectivity index (χ4v) is 9.20. The van der Waals surface area contributed by atoms with Gasteiger partial charge in [0.1, 0.15) is 5.01 Å². The molecule has 0 spiro atoms. The number of benzene rings is 9. The zero-order valence-electron chi connectivity index (χ0n) is 29.8. The van der Waals surface area contributed by atoms with Crippen molar-refractivity contribution in [1.29, 1.82) is 0 Å². The zero-order valence-corrected chi connectivity index (χ0v) is 30.6. The summed E-state index contributed by atoms with van der Waals surface area (Å²) in [6, 6.07) is 72.2. The number of hydrogen-bond acceptors (Lipinski definition) is 3. The highest BCUT2D eigenvalue weighted by Gasteiger charge is 2.18. The first-order valence-corrected chi connectivity index (χ1v) is 19.4. The number of rotatable bonds is 6. The molecule has 0 N–H and O–H groups in total. The molecule has 0 aliphatic carbocycles. The largest absolute Gasteiger partial charge is 0.310 e. The molecule has 3 nitrogen and oxygen atoms in total. The molecule has 2 heterocycles. The number of aromatic nitrogens is 2. The fraction of sp³-hybridized carbons (Fsp3) is 0. The molecule has 11 rings (SSSR count). The molecule has 0 saturated carbocycles. The van der Waals surface area contributed by atoms with Gasteiger partial charge in [0.05, 0.1) is 21.3 Å². The molecule has 0 aliphatic rings. The summed E-state index contributed by atoms with van der Waals surface area (Å²) in [6.45, 7) is 0. The second-order valence-electron chi connectivity index (χ2n) is 14.0. The van der Waals surface area contributed by atoms with Crippen LogP contribution in [0.5, 0.6) is 0 Å². The van der Waals surface area contributed by atoms with E-state index in [0.717, 1.165) is 38.8 Å². The monoisotopic (exact) mass is 719 g/mol. The number of nitrogens with zero attached hydrogens (tertiary/aromatic N) is 3. The van der Waals surface area contributed by atoms with Crippen LogP contribution in [0, 0.1) is 0 Å². The Labute approximate surface area is 322 Å². The average Bonchev–Trinajstić information content (AvgIpc) is 3.85. The Kier molecular flexibility index (Phi) is 7.35. The number of thiazole rings is 1. The highest BCUT2D eigenvalue weighted by atomic mass is 32.1. The summed E-state index contributed by atoms with van der Waals surface area (Å²) in [6.07, 6.45) is 0. The van der Waals surface area contributed by atoms with E-state index in [1.54, 1.807) is 11.3 Å². The van der Waals surface area contributed by atoms with Crippen LogP contribution in [0.15, 0.2) is 200 Å².